The van der Waals surface area contributed by atoms with Crippen LogP contribution in [0.25, 0.3) is 11.0 Å². The summed E-state index contributed by atoms with van der Waals surface area (Å²) in [6.45, 7) is 2.43. The largest absolute Gasteiger partial charge is 0.489 e. The van der Waals surface area contributed by atoms with Crippen LogP contribution in [-0.4, -0.2) is 30.1 Å². The molecule has 3 aromatic rings. The van der Waals surface area contributed by atoms with E-state index in [2.05, 4.69) is 10.3 Å². The summed E-state index contributed by atoms with van der Waals surface area (Å²) in [5, 5.41) is 3.45. The van der Waals surface area contributed by atoms with Crippen LogP contribution in [0.5, 0.6) is 5.75 Å². The first-order chi connectivity index (χ1) is 14.3. The van der Waals surface area contributed by atoms with E-state index in [9.17, 15) is 18.0 Å². The van der Waals surface area contributed by atoms with Crippen LogP contribution in [0.4, 0.5) is 13.2 Å². The van der Waals surface area contributed by atoms with E-state index in [4.69, 9.17) is 13.9 Å². The van der Waals surface area contributed by atoms with E-state index < -0.39 is 11.9 Å². The Hall–Kier alpha value is -3.07. The number of hydrogen-bond acceptors (Lipinski definition) is 5. The number of carbonyl (C=O) groups is 1. The lowest BCUT2D eigenvalue weighted by molar-refractivity contribution is -0.142. The standard InChI is InChI=1S/C21H19F3N2O4/c1-12-18(20(27)26-14-6-8-28-11-14)16-9-15(4-5-17(16)30-12)29-10-13-3-2-7-25-19(13)21(22,23)24/h2-5,7,9,14H,6,8,10-11H2,1H3,(H,26,27). The summed E-state index contributed by atoms with van der Waals surface area (Å²) in [5.41, 5.74) is -0.193. The topological polar surface area (TPSA) is 73.6 Å². The molecule has 0 spiro atoms. The number of rotatable bonds is 5. The van der Waals surface area contributed by atoms with Crippen molar-refractivity contribution in [2.24, 2.45) is 0 Å². The van der Waals surface area contributed by atoms with Gasteiger partial charge in [-0.05, 0) is 37.6 Å². The molecule has 0 radical (unpaired) electrons. The maximum atomic E-state index is 13.1. The highest BCUT2D eigenvalue weighted by molar-refractivity contribution is 6.07. The summed E-state index contributed by atoms with van der Waals surface area (Å²) in [6.07, 6.45) is -2.74. The molecule has 1 saturated heterocycles. The van der Waals surface area contributed by atoms with Crippen molar-refractivity contribution in [2.75, 3.05) is 13.2 Å². The van der Waals surface area contributed by atoms with Gasteiger partial charge in [0, 0.05) is 23.8 Å². The van der Waals surface area contributed by atoms with Crippen LogP contribution in [0.2, 0.25) is 0 Å². The van der Waals surface area contributed by atoms with Gasteiger partial charge in [0.15, 0.2) is 5.69 Å². The van der Waals surface area contributed by atoms with Crippen molar-refractivity contribution in [3.63, 3.8) is 0 Å². The van der Waals surface area contributed by atoms with Gasteiger partial charge in [0.05, 0.1) is 18.2 Å². The second-order valence-corrected chi connectivity index (χ2v) is 7.02. The molecule has 3 heterocycles. The first-order valence-corrected chi connectivity index (χ1v) is 9.38. The zero-order valence-corrected chi connectivity index (χ0v) is 16.1. The lowest BCUT2D eigenvalue weighted by Crippen LogP contribution is -2.35. The predicted molar refractivity (Wildman–Crippen MR) is 101 cm³/mol. The second kappa shape index (κ2) is 7.98. The van der Waals surface area contributed by atoms with E-state index in [0.717, 1.165) is 12.6 Å². The highest BCUT2D eigenvalue weighted by Gasteiger charge is 2.35. The number of aryl methyl sites for hydroxylation is 1. The smallest absolute Gasteiger partial charge is 0.433 e. The lowest BCUT2D eigenvalue weighted by Gasteiger charge is -2.12. The van der Waals surface area contributed by atoms with Gasteiger partial charge in [0.2, 0.25) is 0 Å². The molecule has 0 aliphatic carbocycles. The van der Waals surface area contributed by atoms with Crippen molar-refractivity contribution in [1.82, 2.24) is 10.3 Å². The molecule has 158 valence electrons. The molecule has 9 heteroatoms. The Morgan fingerprint density at radius 1 is 1.33 bits per heavy atom. The van der Waals surface area contributed by atoms with E-state index in [1.165, 1.54) is 12.1 Å². The molecule has 4 rings (SSSR count). The van der Waals surface area contributed by atoms with Crippen LogP contribution in [0.3, 0.4) is 0 Å². The van der Waals surface area contributed by atoms with Crippen molar-refractivity contribution < 1.29 is 31.9 Å². The maximum absolute atomic E-state index is 13.1. The Morgan fingerprint density at radius 3 is 2.90 bits per heavy atom. The van der Waals surface area contributed by atoms with E-state index in [-0.39, 0.29) is 24.1 Å². The van der Waals surface area contributed by atoms with Gasteiger partial charge in [-0.3, -0.25) is 9.78 Å². The Kier molecular flexibility index (Phi) is 5.38. The second-order valence-electron chi connectivity index (χ2n) is 7.02. The minimum absolute atomic E-state index is 0.0624. The number of fused-ring (bicyclic) bond motifs is 1. The van der Waals surface area contributed by atoms with Crippen LogP contribution in [-0.2, 0) is 17.5 Å². The lowest BCUT2D eigenvalue weighted by atomic mass is 10.1. The number of nitrogens with zero attached hydrogens (tertiary/aromatic N) is 1. The van der Waals surface area contributed by atoms with E-state index in [1.807, 2.05) is 0 Å². The molecule has 1 N–H and O–H groups in total. The van der Waals surface area contributed by atoms with Crippen LogP contribution in [0.15, 0.2) is 40.9 Å². The predicted octanol–water partition coefficient (Wildman–Crippen LogP) is 4.25. The molecule has 1 unspecified atom stereocenters. The van der Waals surface area contributed by atoms with Gasteiger partial charge >= 0.3 is 6.18 Å². The highest BCUT2D eigenvalue weighted by Crippen LogP contribution is 2.32. The van der Waals surface area contributed by atoms with E-state index in [0.29, 0.717) is 41.3 Å². The maximum Gasteiger partial charge on any atom is 0.433 e. The molecule has 1 aliphatic heterocycles. The number of halogens is 3. The summed E-state index contributed by atoms with van der Waals surface area (Å²) in [7, 11) is 0. The number of pyridine rings is 1. The molecule has 30 heavy (non-hydrogen) atoms. The average molecular weight is 420 g/mol. The van der Waals surface area contributed by atoms with E-state index >= 15 is 0 Å². The molecular weight excluding hydrogens is 401 g/mol. The monoisotopic (exact) mass is 420 g/mol. The zero-order valence-electron chi connectivity index (χ0n) is 16.1. The van der Waals surface area contributed by atoms with Crippen molar-refractivity contribution in [3.8, 4) is 5.75 Å². The first kappa shape index (κ1) is 20.2. The fraction of sp³-hybridized carbons (Fsp3) is 0.333. The zero-order chi connectivity index (χ0) is 21.3. The number of nitrogens with one attached hydrogen (secondary N) is 1. The van der Waals surface area contributed by atoms with Crippen LogP contribution in [0, 0.1) is 6.92 Å². The number of furan rings is 1. The van der Waals surface area contributed by atoms with Crippen molar-refractivity contribution in [2.45, 2.75) is 32.2 Å². The van der Waals surface area contributed by atoms with Gasteiger partial charge in [0.1, 0.15) is 23.7 Å². The van der Waals surface area contributed by atoms with Gasteiger partial charge in [0.25, 0.3) is 5.91 Å². The third-order valence-corrected chi connectivity index (χ3v) is 4.88. The summed E-state index contributed by atoms with van der Waals surface area (Å²) >= 11 is 0. The molecule has 1 atom stereocenters. The fourth-order valence-corrected chi connectivity index (χ4v) is 3.45. The molecule has 6 nitrogen and oxygen atoms in total. The quantitative estimate of drug-likeness (QED) is 0.668. The van der Waals surface area contributed by atoms with Crippen LogP contribution >= 0.6 is 0 Å². The minimum atomic E-state index is -4.57. The Morgan fingerprint density at radius 2 is 2.17 bits per heavy atom. The summed E-state index contributed by atoms with van der Waals surface area (Å²) in [4.78, 5) is 16.2. The van der Waals surface area contributed by atoms with Gasteiger partial charge in [-0.2, -0.15) is 13.2 Å². The van der Waals surface area contributed by atoms with Gasteiger partial charge in [-0.1, -0.05) is 6.07 Å². The normalized spacial score (nSPS) is 16.7. The molecule has 2 aromatic heterocycles. The summed E-state index contributed by atoms with van der Waals surface area (Å²) < 4.78 is 55.8. The molecule has 0 saturated carbocycles. The number of benzene rings is 1. The van der Waals surface area contributed by atoms with E-state index in [1.54, 1.807) is 25.1 Å². The number of alkyl halides is 3. The number of hydrogen-bond donors (Lipinski definition) is 1. The third-order valence-electron chi connectivity index (χ3n) is 4.88. The molecule has 1 aromatic carbocycles. The summed E-state index contributed by atoms with van der Waals surface area (Å²) in [6, 6.07) is 7.48. The number of carbonyl (C=O) groups excluding carboxylic acids is 1. The number of aromatic nitrogens is 1. The van der Waals surface area contributed by atoms with Crippen molar-refractivity contribution in [3.05, 3.63) is 59.1 Å². The fourth-order valence-electron chi connectivity index (χ4n) is 3.45. The average Bonchev–Trinajstić information content (AvgIpc) is 3.32. The third kappa shape index (κ3) is 4.11. The molecule has 1 amide bonds. The SMILES string of the molecule is Cc1oc2ccc(OCc3cccnc3C(F)(F)F)cc2c1C(=O)NC1CCOC1. The summed E-state index contributed by atoms with van der Waals surface area (Å²) in [5.74, 6) is 0.481. The highest BCUT2D eigenvalue weighted by atomic mass is 19.4. The molecule has 1 fully saturated rings. The van der Waals surface area contributed by atoms with Crippen molar-refractivity contribution in [1.29, 1.82) is 0 Å². The minimum Gasteiger partial charge on any atom is -0.489 e. The van der Waals surface area contributed by atoms with Crippen molar-refractivity contribution >= 4 is 16.9 Å². The Labute approximate surface area is 170 Å². The molecule has 0 bridgehead atoms. The van der Waals surface area contributed by atoms with Gasteiger partial charge in [-0.15, -0.1) is 0 Å². The Bertz CT molecular complexity index is 1070. The van der Waals surface area contributed by atoms with Gasteiger partial charge < -0.3 is 19.2 Å². The number of ether oxygens (including phenoxy) is 2. The number of amides is 1. The van der Waals surface area contributed by atoms with Gasteiger partial charge in [-0.25, -0.2) is 0 Å². The molecular formula is C21H19F3N2O4. The van der Waals surface area contributed by atoms with Crippen LogP contribution < -0.4 is 10.1 Å². The Balaban J connectivity index is 1.57. The molecule has 1 aliphatic rings. The first-order valence-electron chi connectivity index (χ1n) is 9.38. The van der Waals surface area contributed by atoms with Crippen LogP contribution in [0.1, 0.15) is 33.8 Å².